The van der Waals surface area contributed by atoms with Gasteiger partial charge in [-0.2, -0.15) is 0 Å². The van der Waals surface area contributed by atoms with Gasteiger partial charge < -0.3 is 33.5 Å². The topological polar surface area (TPSA) is 131 Å². The van der Waals surface area contributed by atoms with E-state index >= 15 is 0 Å². The molecule has 4 aromatic rings. The van der Waals surface area contributed by atoms with Crippen molar-refractivity contribution in [1.29, 1.82) is 0 Å². The lowest BCUT2D eigenvalue weighted by molar-refractivity contribution is -0.139. The predicted molar refractivity (Wildman–Crippen MR) is 155 cm³/mol. The molecule has 0 saturated heterocycles. The third kappa shape index (κ3) is 6.69. The van der Waals surface area contributed by atoms with Crippen LogP contribution in [-0.4, -0.2) is 67.7 Å². The molecule has 1 N–H and O–H groups in total. The molecule has 0 unspecified atom stereocenters. The minimum atomic E-state index is -0.500. The van der Waals surface area contributed by atoms with E-state index in [1.54, 1.807) is 69.7 Å². The second-order valence-corrected chi connectivity index (χ2v) is 8.88. The maximum absolute atomic E-state index is 11.6. The van der Waals surface area contributed by atoms with Crippen LogP contribution >= 0.6 is 0 Å². The first-order chi connectivity index (χ1) is 20.3. The summed E-state index contributed by atoms with van der Waals surface area (Å²) in [7, 11) is 6.21. The lowest BCUT2D eigenvalue weighted by atomic mass is 10.1. The molecule has 0 aliphatic rings. The van der Waals surface area contributed by atoms with Gasteiger partial charge in [-0.15, -0.1) is 0 Å². The summed E-state index contributed by atoms with van der Waals surface area (Å²) >= 11 is 0. The first kappa shape index (κ1) is 29.7. The van der Waals surface area contributed by atoms with Crippen LogP contribution in [0.4, 0.5) is 0 Å². The molecule has 42 heavy (non-hydrogen) atoms. The Kier molecular flexibility index (Phi) is 9.43. The van der Waals surface area contributed by atoms with Crippen LogP contribution in [-0.2, 0) is 9.53 Å². The minimum absolute atomic E-state index is 0.0295. The Labute approximate surface area is 243 Å². The predicted octanol–water partition coefficient (Wildman–Crippen LogP) is 5.11. The van der Waals surface area contributed by atoms with E-state index in [9.17, 15) is 9.90 Å². The molecule has 3 aromatic carbocycles. The molecule has 1 heterocycles. The number of phenols is 1. The Bertz CT molecular complexity index is 1530. The van der Waals surface area contributed by atoms with Crippen molar-refractivity contribution in [2.45, 2.75) is 6.92 Å². The van der Waals surface area contributed by atoms with Gasteiger partial charge in [-0.05, 0) is 43.3 Å². The van der Waals surface area contributed by atoms with Crippen LogP contribution in [0.15, 0.2) is 66.7 Å². The average molecular weight is 574 g/mol. The lowest BCUT2D eigenvalue weighted by Crippen LogP contribution is -2.12. The van der Waals surface area contributed by atoms with E-state index in [1.807, 2.05) is 0 Å². The van der Waals surface area contributed by atoms with Crippen molar-refractivity contribution in [1.82, 2.24) is 15.0 Å². The van der Waals surface area contributed by atoms with Gasteiger partial charge in [0.05, 0.1) is 45.1 Å². The van der Waals surface area contributed by atoms with E-state index in [1.165, 1.54) is 20.3 Å². The normalized spacial score (nSPS) is 10.5. The SMILES string of the molecule is C=C(C)C(=O)OCCOc1ccc(-c2nc(-c3ccc(OC)cc3OC)nc(-c3ccc(OC)cc3OC)n2)c(O)c1. The summed E-state index contributed by atoms with van der Waals surface area (Å²) in [5, 5.41) is 11.0. The van der Waals surface area contributed by atoms with Crippen molar-refractivity contribution in [3.63, 3.8) is 0 Å². The second-order valence-electron chi connectivity index (χ2n) is 8.88. The average Bonchev–Trinajstić information content (AvgIpc) is 3.01. The molecule has 0 saturated carbocycles. The summed E-state index contributed by atoms with van der Waals surface area (Å²) in [5.41, 5.74) is 1.80. The molecule has 1 aromatic heterocycles. The van der Waals surface area contributed by atoms with Crippen LogP contribution in [0, 0.1) is 0 Å². The number of carbonyl (C=O) groups excluding carboxylic acids is 1. The largest absolute Gasteiger partial charge is 0.507 e. The van der Waals surface area contributed by atoms with Crippen molar-refractivity contribution in [2.75, 3.05) is 41.7 Å². The fourth-order valence-corrected chi connectivity index (χ4v) is 3.91. The number of aromatic nitrogens is 3. The quantitative estimate of drug-likeness (QED) is 0.138. The number of hydrogen-bond acceptors (Lipinski definition) is 11. The lowest BCUT2D eigenvalue weighted by Gasteiger charge is -2.14. The van der Waals surface area contributed by atoms with E-state index in [0.717, 1.165) is 0 Å². The van der Waals surface area contributed by atoms with E-state index < -0.39 is 5.97 Å². The number of rotatable bonds is 12. The summed E-state index contributed by atoms with van der Waals surface area (Å²) in [5.74, 6) is 2.71. The number of hydrogen-bond donors (Lipinski definition) is 1. The van der Waals surface area contributed by atoms with E-state index in [4.69, 9.17) is 33.4 Å². The number of carbonyl (C=O) groups is 1. The molecule has 0 atom stereocenters. The van der Waals surface area contributed by atoms with Gasteiger partial charge in [0.25, 0.3) is 0 Å². The Morgan fingerprint density at radius 2 is 1.17 bits per heavy atom. The number of nitrogens with zero attached hydrogens (tertiary/aromatic N) is 3. The molecule has 0 aliphatic carbocycles. The Hall–Kier alpha value is -5.32. The molecule has 0 bridgehead atoms. The van der Waals surface area contributed by atoms with Gasteiger partial charge in [0.2, 0.25) is 0 Å². The standard InChI is InChI=1S/C31H31N3O8/c1-18(2)31(36)42-14-13-41-21-9-10-22(25(35)15-21)28-32-29(23-11-7-19(37-3)16-26(23)39-5)34-30(33-28)24-12-8-20(38-4)17-27(24)40-6/h7-12,15-17,35H,1,13-14H2,2-6H3. The Morgan fingerprint density at radius 3 is 1.62 bits per heavy atom. The maximum atomic E-state index is 11.6. The number of aromatic hydroxyl groups is 1. The van der Waals surface area contributed by atoms with Crippen molar-refractivity contribution >= 4 is 5.97 Å². The van der Waals surface area contributed by atoms with Crippen LogP contribution in [0.3, 0.4) is 0 Å². The third-order valence-corrected chi connectivity index (χ3v) is 6.08. The molecule has 218 valence electrons. The molecule has 11 nitrogen and oxygen atoms in total. The van der Waals surface area contributed by atoms with Crippen LogP contribution in [0.2, 0.25) is 0 Å². The summed E-state index contributed by atoms with van der Waals surface area (Å²) in [6.45, 7) is 5.22. The molecule has 0 amide bonds. The third-order valence-electron chi connectivity index (χ3n) is 6.08. The highest BCUT2D eigenvalue weighted by Gasteiger charge is 2.20. The molecule has 0 radical (unpaired) electrons. The molecule has 4 rings (SSSR count). The zero-order chi connectivity index (χ0) is 30.2. The first-order valence-corrected chi connectivity index (χ1v) is 12.8. The van der Waals surface area contributed by atoms with Gasteiger partial charge in [-0.3, -0.25) is 0 Å². The van der Waals surface area contributed by atoms with E-state index in [-0.39, 0.29) is 24.8 Å². The van der Waals surface area contributed by atoms with E-state index in [0.29, 0.717) is 62.7 Å². The summed E-state index contributed by atoms with van der Waals surface area (Å²) in [4.78, 5) is 25.6. The van der Waals surface area contributed by atoms with Gasteiger partial charge in [0, 0.05) is 23.8 Å². The monoisotopic (exact) mass is 573 g/mol. The van der Waals surface area contributed by atoms with Crippen molar-refractivity contribution in [2.24, 2.45) is 0 Å². The number of benzene rings is 3. The highest BCUT2D eigenvalue weighted by molar-refractivity contribution is 5.86. The highest BCUT2D eigenvalue weighted by Crippen LogP contribution is 2.38. The molecule has 0 spiro atoms. The molecule has 0 aliphatic heterocycles. The summed E-state index contributed by atoms with van der Waals surface area (Å²) < 4.78 is 32.5. The molecular formula is C31H31N3O8. The Balaban J connectivity index is 1.76. The molecule has 0 fully saturated rings. The first-order valence-electron chi connectivity index (χ1n) is 12.8. The number of ether oxygens (including phenoxy) is 6. The number of methoxy groups -OCH3 is 4. The zero-order valence-corrected chi connectivity index (χ0v) is 24.0. The van der Waals surface area contributed by atoms with Gasteiger partial charge in [0.15, 0.2) is 17.5 Å². The van der Waals surface area contributed by atoms with Crippen LogP contribution < -0.4 is 23.7 Å². The summed E-state index contributed by atoms with van der Waals surface area (Å²) in [6.07, 6.45) is 0. The van der Waals surface area contributed by atoms with Gasteiger partial charge in [0.1, 0.15) is 47.7 Å². The van der Waals surface area contributed by atoms with Crippen molar-refractivity contribution < 1.29 is 38.3 Å². The van der Waals surface area contributed by atoms with Crippen LogP contribution in [0.1, 0.15) is 6.92 Å². The maximum Gasteiger partial charge on any atom is 0.333 e. The van der Waals surface area contributed by atoms with Gasteiger partial charge in [-0.1, -0.05) is 6.58 Å². The fraction of sp³-hybridized carbons (Fsp3) is 0.226. The summed E-state index contributed by atoms with van der Waals surface area (Å²) in [6, 6.07) is 15.3. The molecule has 11 heteroatoms. The smallest absolute Gasteiger partial charge is 0.333 e. The fourth-order valence-electron chi connectivity index (χ4n) is 3.91. The highest BCUT2D eigenvalue weighted by atomic mass is 16.6. The van der Waals surface area contributed by atoms with Gasteiger partial charge >= 0.3 is 5.97 Å². The second kappa shape index (κ2) is 13.4. The van der Waals surface area contributed by atoms with Crippen LogP contribution in [0.25, 0.3) is 34.2 Å². The van der Waals surface area contributed by atoms with Crippen molar-refractivity contribution in [3.05, 3.63) is 66.7 Å². The molecular weight excluding hydrogens is 542 g/mol. The Morgan fingerprint density at radius 1 is 0.690 bits per heavy atom. The van der Waals surface area contributed by atoms with Crippen molar-refractivity contribution in [3.8, 4) is 68.7 Å². The zero-order valence-electron chi connectivity index (χ0n) is 24.0. The van der Waals surface area contributed by atoms with Gasteiger partial charge in [-0.25, -0.2) is 19.7 Å². The van der Waals surface area contributed by atoms with Crippen LogP contribution in [0.5, 0.6) is 34.5 Å². The number of esters is 1. The minimum Gasteiger partial charge on any atom is -0.507 e. The number of phenolic OH excluding ortho intramolecular Hbond substituents is 1. The van der Waals surface area contributed by atoms with E-state index in [2.05, 4.69) is 16.5 Å².